The minimum absolute atomic E-state index is 0.0441. The van der Waals surface area contributed by atoms with Crippen LogP contribution in [0.3, 0.4) is 0 Å². The van der Waals surface area contributed by atoms with Crippen LogP contribution >= 0.6 is 11.3 Å². The number of likely N-dealkylation sites (N-methyl/N-ethyl adjacent to an activating group) is 1. The number of hydrogen-bond acceptors (Lipinski definition) is 3. The van der Waals surface area contributed by atoms with Crippen molar-refractivity contribution in [2.75, 3.05) is 7.05 Å². The van der Waals surface area contributed by atoms with Crippen molar-refractivity contribution in [3.05, 3.63) is 57.8 Å². The fourth-order valence-corrected chi connectivity index (χ4v) is 2.59. The second-order valence-electron chi connectivity index (χ2n) is 4.80. The molecule has 4 heteroatoms. The Kier molecular flexibility index (Phi) is 4.35. The standard InChI is InChI=1S/C16H17NO2S/c1-11-6-8-13(9-7-11)15(18)12(2)17(3)16(19)14-5-4-10-20-14/h4-10,12H,1-3H3. The van der Waals surface area contributed by atoms with Gasteiger partial charge in [0.25, 0.3) is 5.91 Å². The van der Waals surface area contributed by atoms with Crippen molar-refractivity contribution in [2.24, 2.45) is 0 Å². The molecule has 2 rings (SSSR count). The fourth-order valence-electron chi connectivity index (χ4n) is 1.88. The molecule has 0 saturated heterocycles. The van der Waals surface area contributed by atoms with Crippen LogP contribution in [0.5, 0.6) is 0 Å². The smallest absolute Gasteiger partial charge is 0.264 e. The largest absolute Gasteiger partial charge is 0.331 e. The lowest BCUT2D eigenvalue weighted by Crippen LogP contribution is -2.40. The van der Waals surface area contributed by atoms with Crippen LogP contribution in [0.4, 0.5) is 0 Å². The Morgan fingerprint density at radius 1 is 1.15 bits per heavy atom. The SMILES string of the molecule is Cc1ccc(C(=O)C(C)N(C)C(=O)c2cccs2)cc1. The molecular weight excluding hydrogens is 270 g/mol. The van der Waals surface area contributed by atoms with E-state index < -0.39 is 6.04 Å². The molecule has 104 valence electrons. The predicted molar refractivity (Wildman–Crippen MR) is 81.4 cm³/mol. The van der Waals surface area contributed by atoms with Crippen molar-refractivity contribution >= 4 is 23.0 Å². The Balaban J connectivity index is 2.14. The molecule has 0 spiro atoms. The van der Waals surface area contributed by atoms with E-state index in [0.29, 0.717) is 10.4 Å². The number of benzene rings is 1. The van der Waals surface area contributed by atoms with Gasteiger partial charge in [-0.15, -0.1) is 11.3 Å². The molecule has 0 N–H and O–H groups in total. The van der Waals surface area contributed by atoms with E-state index in [1.807, 2.05) is 30.5 Å². The summed E-state index contributed by atoms with van der Waals surface area (Å²) >= 11 is 1.38. The third-order valence-electron chi connectivity index (χ3n) is 3.35. The third kappa shape index (κ3) is 2.96. The molecule has 1 amide bonds. The van der Waals surface area contributed by atoms with Gasteiger partial charge in [-0.25, -0.2) is 0 Å². The first-order chi connectivity index (χ1) is 9.50. The molecule has 0 bridgehead atoms. The van der Waals surface area contributed by atoms with Crippen LogP contribution in [0.1, 0.15) is 32.5 Å². The monoisotopic (exact) mass is 287 g/mol. The van der Waals surface area contributed by atoms with Gasteiger partial charge < -0.3 is 4.90 Å². The number of aryl methyl sites for hydroxylation is 1. The van der Waals surface area contributed by atoms with Crippen molar-refractivity contribution in [1.82, 2.24) is 4.90 Å². The molecule has 20 heavy (non-hydrogen) atoms. The topological polar surface area (TPSA) is 37.4 Å². The molecule has 1 aromatic carbocycles. The minimum Gasteiger partial charge on any atom is -0.331 e. The van der Waals surface area contributed by atoms with Gasteiger partial charge in [0.2, 0.25) is 0 Å². The van der Waals surface area contributed by atoms with Gasteiger partial charge in [0.05, 0.1) is 10.9 Å². The molecular formula is C16H17NO2S. The van der Waals surface area contributed by atoms with Gasteiger partial charge in [-0.05, 0) is 25.3 Å². The lowest BCUT2D eigenvalue weighted by Gasteiger charge is -2.23. The van der Waals surface area contributed by atoms with E-state index in [2.05, 4.69) is 0 Å². The number of thiophene rings is 1. The van der Waals surface area contributed by atoms with E-state index >= 15 is 0 Å². The molecule has 1 aromatic heterocycles. The zero-order valence-corrected chi connectivity index (χ0v) is 12.6. The summed E-state index contributed by atoms with van der Waals surface area (Å²) in [5.74, 6) is -0.162. The molecule has 0 aliphatic heterocycles. The van der Waals surface area contributed by atoms with Crippen LogP contribution in [-0.2, 0) is 0 Å². The molecule has 0 saturated carbocycles. The van der Waals surface area contributed by atoms with Crippen molar-refractivity contribution < 1.29 is 9.59 Å². The van der Waals surface area contributed by atoms with Crippen molar-refractivity contribution in [2.45, 2.75) is 19.9 Å². The third-order valence-corrected chi connectivity index (χ3v) is 4.21. The van der Waals surface area contributed by atoms with Crippen molar-refractivity contribution in [1.29, 1.82) is 0 Å². The second-order valence-corrected chi connectivity index (χ2v) is 5.75. The van der Waals surface area contributed by atoms with Gasteiger partial charge >= 0.3 is 0 Å². The Labute approximate surface area is 122 Å². The van der Waals surface area contributed by atoms with Gasteiger partial charge in [-0.3, -0.25) is 9.59 Å². The van der Waals surface area contributed by atoms with Crippen molar-refractivity contribution in [3.8, 4) is 0 Å². The summed E-state index contributed by atoms with van der Waals surface area (Å²) in [6.07, 6.45) is 0. The molecule has 3 nitrogen and oxygen atoms in total. The van der Waals surface area contributed by atoms with Gasteiger partial charge in [-0.1, -0.05) is 35.9 Å². The molecule has 1 heterocycles. The highest BCUT2D eigenvalue weighted by Crippen LogP contribution is 2.15. The zero-order valence-electron chi connectivity index (χ0n) is 11.8. The van der Waals surface area contributed by atoms with Gasteiger partial charge in [0, 0.05) is 12.6 Å². The molecule has 0 fully saturated rings. The molecule has 1 atom stereocenters. The van der Waals surface area contributed by atoms with E-state index in [4.69, 9.17) is 0 Å². The minimum atomic E-state index is -0.479. The Hall–Kier alpha value is -1.94. The van der Waals surface area contributed by atoms with Crippen molar-refractivity contribution in [3.63, 3.8) is 0 Å². The number of nitrogens with zero attached hydrogens (tertiary/aromatic N) is 1. The maximum absolute atomic E-state index is 12.4. The lowest BCUT2D eigenvalue weighted by molar-refractivity contribution is 0.0678. The Morgan fingerprint density at radius 3 is 2.35 bits per heavy atom. The molecule has 1 unspecified atom stereocenters. The van der Waals surface area contributed by atoms with Crippen LogP contribution in [0.15, 0.2) is 41.8 Å². The molecule has 0 aliphatic carbocycles. The maximum atomic E-state index is 12.4. The normalized spacial score (nSPS) is 11.9. The maximum Gasteiger partial charge on any atom is 0.264 e. The summed E-state index contributed by atoms with van der Waals surface area (Å²) in [6, 6.07) is 10.5. The Bertz CT molecular complexity index is 602. The average Bonchev–Trinajstić information content (AvgIpc) is 2.99. The van der Waals surface area contributed by atoms with Gasteiger partial charge in [-0.2, -0.15) is 0 Å². The second kappa shape index (κ2) is 6.01. The van der Waals surface area contributed by atoms with E-state index in [1.54, 1.807) is 32.2 Å². The fraction of sp³-hybridized carbons (Fsp3) is 0.250. The van der Waals surface area contributed by atoms with Gasteiger partial charge in [0.1, 0.15) is 0 Å². The molecule has 0 aliphatic rings. The van der Waals surface area contributed by atoms with E-state index in [9.17, 15) is 9.59 Å². The highest BCUT2D eigenvalue weighted by atomic mass is 32.1. The first kappa shape index (κ1) is 14.5. The van der Waals surface area contributed by atoms with E-state index in [0.717, 1.165) is 5.56 Å². The average molecular weight is 287 g/mol. The summed E-state index contributed by atoms with van der Waals surface area (Å²) in [4.78, 5) is 26.7. The van der Waals surface area contributed by atoms with Crippen LogP contribution in [0.25, 0.3) is 0 Å². The Morgan fingerprint density at radius 2 is 1.80 bits per heavy atom. The number of carbonyl (C=O) groups excluding carboxylic acids is 2. The van der Waals surface area contributed by atoms with Crippen LogP contribution in [0.2, 0.25) is 0 Å². The zero-order chi connectivity index (χ0) is 14.7. The first-order valence-electron chi connectivity index (χ1n) is 6.42. The molecule has 2 aromatic rings. The first-order valence-corrected chi connectivity index (χ1v) is 7.30. The number of carbonyl (C=O) groups is 2. The molecule has 0 radical (unpaired) electrons. The summed E-state index contributed by atoms with van der Waals surface area (Å²) in [5.41, 5.74) is 1.74. The van der Waals surface area contributed by atoms with Gasteiger partial charge in [0.15, 0.2) is 5.78 Å². The summed E-state index contributed by atoms with van der Waals surface area (Å²) in [7, 11) is 1.67. The number of Topliss-reactive ketones (excluding diaryl/α,β-unsaturated/α-hetero) is 1. The van der Waals surface area contributed by atoms with Crippen LogP contribution in [0, 0.1) is 6.92 Å². The number of rotatable bonds is 4. The summed E-state index contributed by atoms with van der Waals surface area (Å²) < 4.78 is 0. The summed E-state index contributed by atoms with van der Waals surface area (Å²) in [6.45, 7) is 3.73. The quantitative estimate of drug-likeness (QED) is 0.808. The highest BCUT2D eigenvalue weighted by molar-refractivity contribution is 7.12. The number of ketones is 1. The van der Waals surface area contributed by atoms with Crippen LogP contribution in [-0.4, -0.2) is 29.7 Å². The highest BCUT2D eigenvalue weighted by Gasteiger charge is 2.24. The lowest BCUT2D eigenvalue weighted by atomic mass is 10.0. The summed E-state index contributed by atoms with van der Waals surface area (Å²) in [5, 5.41) is 1.85. The predicted octanol–water partition coefficient (Wildman–Crippen LogP) is 3.40. The van der Waals surface area contributed by atoms with E-state index in [-0.39, 0.29) is 11.7 Å². The van der Waals surface area contributed by atoms with E-state index in [1.165, 1.54) is 16.2 Å². The number of hydrogen-bond donors (Lipinski definition) is 0. The van der Waals surface area contributed by atoms with Crippen LogP contribution < -0.4 is 0 Å². The number of amides is 1.